The summed E-state index contributed by atoms with van der Waals surface area (Å²) in [6.45, 7) is 7.29. The monoisotopic (exact) mass is 400 g/mol. The lowest BCUT2D eigenvalue weighted by Gasteiger charge is -2.12. The molecule has 0 saturated carbocycles. The molecule has 0 fully saturated rings. The molecule has 0 bridgehead atoms. The number of ether oxygens (including phenoxy) is 2. The molecule has 4 nitrogen and oxygen atoms in total. The van der Waals surface area contributed by atoms with E-state index in [2.05, 4.69) is 31.7 Å². The molecule has 0 radical (unpaired) electrons. The van der Waals surface area contributed by atoms with Crippen LogP contribution in [-0.2, 0) is 16.0 Å². The lowest BCUT2D eigenvalue weighted by atomic mass is 9.93. The van der Waals surface area contributed by atoms with Crippen LogP contribution in [-0.4, -0.2) is 11.9 Å². The van der Waals surface area contributed by atoms with Gasteiger partial charge in [-0.3, -0.25) is 4.79 Å². The second-order valence-electron chi connectivity index (χ2n) is 6.73. The number of esters is 2. The number of hydrogen-bond donors (Lipinski definition) is 0. The fraction of sp³-hybridized carbons (Fsp3) is 0.154. The van der Waals surface area contributed by atoms with Crippen LogP contribution in [0.5, 0.6) is 11.5 Å². The van der Waals surface area contributed by atoms with Crippen molar-refractivity contribution in [3.05, 3.63) is 84.9 Å². The van der Waals surface area contributed by atoms with E-state index < -0.39 is 5.97 Å². The topological polar surface area (TPSA) is 52.6 Å². The van der Waals surface area contributed by atoms with E-state index in [9.17, 15) is 9.59 Å². The minimum Gasteiger partial charge on any atom is -0.427 e. The van der Waals surface area contributed by atoms with E-state index in [1.165, 1.54) is 5.56 Å². The molecule has 30 heavy (non-hydrogen) atoms. The molecule has 0 aliphatic carbocycles. The molecule has 3 aromatic rings. The number of benzene rings is 3. The van der Waals surface area contributed by atoms with Gasteiger partial charge in [-0.15, -0.1) is 0 Å². The minimum atomic E-state index is -0.475. The van der Waals surface area contributed by atoms with E-state index in [0.717, 1.165) is 34.8 Å². The number of rotatable bonds is 7. The maximum absolute atomic E-state index is 11.4. The molecule has 0 aromatic heterocycles. The summed E-state index contributed by atoms with van der Waals surface area (Å²) in [5.41, 5.74) is 5.56. The molecule has 0 aliphatic heterocycles. The lowest BCUT2D eigenvalue weighted by Crippen LogP contribution is -2.05. The third-order valence-corrected chi connectivity index (χ3v) is 4.74. The first-order valence-electron chi connectivity index (χ1n) is 9.92. The van der Waals surface area contributed by atoms with E-state index in [1.807, 2.05) is 36.4 Å². The first kappa shape index (κ1) is 21.1. The Morgan fingerprint density at radius 2 is 1.37 bits per heavy atom. The van der Waals surface area contributed by atoms with E-state index in [1.54, 1.807) is 19.1 Å². The predicted octanol–water partition coefficient (Wildman–Crippen LogP) is 5.99. The van der Waals surface area contributed by atoms with Crippen molar-refractivity contribution in [2.45, 2.75) is 26.7 Å². The van der Waals surface area contributed by atoms with Gasteiger partial charge < -0.3 is 9.47 Å². The Labute approximate surface area is 176 Å². The highest BCUT2D eigenvalue weighted by molar-refractivity contribution is 5.83. The van der Waals surface area contributed by atoms with Crippen LogP contribution in [0.1, 0.15) is 25.8 Å². The summed E-state index contributed by atoms with van der Waals surface area (Å²) < 4.78 is 10.4. The number of carbonyl (C=O) groups is 2. The second kappa shape index (κ2) is 9.70. The number of carbonyl (C=O) groups excluding carboxylic acids is 2. The molecule has 4 heteroatoms. The molecule has 0 N–H and O–H groups in total. The third-order valence-electron chi connectivity index (χ3n) is 4.74. The van der Waals surface area contributed by atoms with Crippen LogP contribution >= 0.6 is 0 Å². The van der Waals surface area contributed by atoms with E-state index in [4.69, 9.17) is 9.47 Å². The van der Waals surface area contributed by atoms with E-state index >= 15 is 0 Å². The zero-order chi connectivity index (χ0) is 21.5. The highest BCUT2D eigenvalue weighted by atomic mass is 16.5. The van der Waals surface area contributed by atoms with Gasteiger partial charge in [-0.1, -0.05) is 62.9 Å². The zero-order valence-corrected chi connectivity index (χ0v) is 17.2. The van der Waals surface area contributed by atoms with Gasteiger partial charge in [0.25, 0.3) is 0 Å². The van der Waals surface area contributed by atoms with Crippen molar-refractivity contribution in [1.82, 2.24) is 0 Å². The molecule has 0 atom stereocenters. The molecule has 3 rings (SSSR count). The maximum Gasteiger partial charge on any atom is 0.335 e. The van der Waals surface area contributed by atoms with Gasteiger partial charge in [-0.2, -0.15) is 0 Å². The van der Waals surface area contributed by atoms with Crippen LogP contribution in [0.15, 0.2) is 79.4 Å². The minimum absolute atomic E-state index is 0.245. The average Bonchev–Trinajstić information content (AvgIpc) is 2.79. The third kappa shape index (κ3) is 5.03. The number of hydrogen-bond acceptors (Lipinski definition) is 4. The standard InChI is InChI=1S/C26H24O4/c1-4-18-17-21(19-7-12-22(13-8-19)29-25(27)5-2)11-16-24(18)20-9-14-23(15-10-20)30-26(28)6-3/h6-17H,3-5H2,1-2H3. The van der Waals surface area contributed by atoms with Gasteiger partial charge in [0, 0.05) is 12.5 Å². The smallest absolute Gasteiger partial charge is 0.335 e. The Bertz CT molecular complexity index is 1050. The number of aryl methyl sites for hydroxylation is 1. The van der Waals surface area contributed by atoms with Gasteiger partial charge in [0.1, 0.15) is 11.5 Å². The van der Waals surface area contributed by atoms with Crippen molar-refractivity contribution in [2.24, 2.45) is 0 Å². The van der Waals surface area contributed by atoms with Crippen molar-refractivity contribution in [3.63, 3.8) is 0 Å². The summed E-state index contributed by atoms with van der Waals surface area (Å²) in [7, 11) is 0. The molecule has 0 amide bonds. The van der Waals surface area contributed by atoms with Crippen LogP contribution in [0, 0.1) is 0 Å². The Balaban J connectivity index is 1.83. The molecular formula is C26H24O4. The Hall–Kier alpha value is -3.66. The summed E-state index contributed by atoms with van der Waals surface area (Å²) in [4.78, 5) is 22.8. The summed E-state index contributed by atoms with van der Waals surface area (Å²) in [5.74, 6) is 0.319. The molecule has 0 unspecified atom stereocenters. The van der Waals surface area contributed by atoms with Crippen LogP contribution in [0.4, 0.5) is 0 Å². The average molecular weight is 400 g/mol. The van der Waals surface area contributed by atoms with Crippen LogP contribution in [0.25, 0.3) is 22.3 Å². The summed E-state index contributed by atoms with van der Waals surface area (Å²) in [6.07, 6.45) is 2.37. The molecule has 0 heterocycles. The predicted molar refractivity (Wildman–Crippen MR) is 118 cm³/mol. The summed E-state index contributed by atoms with van der Waals surface area (Å²) in [5, 5.41) is 0. The summed E-state index contributed by atoms with van der Waals surface area (Å²) >= 11 is 0. The SMILES string of the molecule is C=CC(=O)Oc1ccc(-c2ccc(-c3ccc(OC(=O)CC)cc3)cc2CC)cc1. The Kier molecular flexibility index (Phi) is 6.81. The van der Waals surface area contributed by atoms with Crippen molar-refractivity contribution < 1.29 is 19.1 Å². The van der Waals surface area contributed by atoms with Crippen molar-refractivity contribution >= 4 is 11.9 Å². The second-order valence-corrected chi connectivity index (χ2v) is 6.73. The Morgan fingerprint density at radius 1 is 0.800 bits per heavy atom. The van der Waals surface area contributed by atoms with Crippen molar-refractivity contribution in [3.8, 4) is 33.8 Å². The fourth-order valence-electron chi connectivity index (χ4n) is 3.13. The van der Waals surface area contributed by atoms with Crippen molar-refractivity contribution in [2.75, 3.05) is 0 Å². The molecule has 0 saturated heterocycles. The van der Waals surface area contributed by atoms with Crippen LogP contribution < -0.4 is 9.47 Å². The van der Waals surface area contributed by atoms with E-state index in [-0.39, 0.29) is 5.97 Å². The van der Waals surface area contributed by atoms with Crippen LogP contribution in [0.2, 0.25) is 0 Å². The quantitative estimate of drug-likeness (QED) is 0.278. The van der Waals surface area contributed by atoms with Gasteiger partial charge >= 0.3 is 11.9 Å². The highest BCUT2D eigenvalue weighted by Gasteiger charge is 2.09. The van der Waals surface area contributed by atoms with Gasteiger partial charge in [0.2, 0.25) is 0 Å². The first-order chi connectivity index (χ1) is 14.5. The van der Waals surface area contributed by atoms with Gasteiger partial charge in [0.15, 0.2) is 0 Å². The first-order valence-corrected chi connectivity index (χ1v) is 9.92. The fourth-order valence-corrected chi connectivity index (χ4v) is 3.13. The van der Waals surface area contributed by atoms with Gasteiger partial charge in [-0.05, 0) is 58.5 Å². The van der Waals surface area contributed by atoms with E-state index in [0.29, 0.717) is 17.9 Å². The highest BCUT2D eigenvalue weighted by Crippen LogP contribution is 2.31. The molecule has 0 spiro atoms. The van der Waals surface area contributed by atoms with Gasteiger partial charge in [-0.25, -0.2) is 4.79 Å². The Morgan fingerprint density at radius 3 is 1.93 bits per heavy atom. The van der Waals surface area contributed by atoms with Gasteiger partial charge in [0.05, 0.1) is 0 Å². The van der Waals surface area contributed by atoms with Crippen LogP contribution in [0.3, 0.4) is 0 Å². The normalized spacial score (nSPS) is 10.3. The maximum atomic E-state index is 11.4. The lowest BCUT2D eigenvalue weighted by molar-refractivity contribution is -0.134. The van der Waals surface area contributed by atoms with Crippen molar-refractivity contribution in [1.29, 1.82) is 0 Å². The molecule has 152 valence electrons. The molecule has 3 aromatic carbocycles. The largest absolute Gasteiger partial charge is 0.427 e. The molecular weight excluding hydrogens is 376 g/mol. The molecule has 0 aliphatic rings. The zero-order valence-electron chi connectivity index (χ0n) is 17.2. The summed E-state index contributed by atoms with van der Waals surface area (Å²) in [6, 6.07) is 21.3.